The van der Waals surface area contributed by atoms with E-state index in [1.165, 1.54) is 24.4 Å². The van der Waals surface area contributed by atoms with Gasteiger partial charge in [-0.3, -0.25) is 4.79 Å². The highest BCUT2D eigenvalue weighted by Crippen LogP contribution is 2.40. The molecular formula is C33H22N6O3. The average molecular weight is 551 g/mol. The molecule has 9 nitrogen and oxygen atoms in total. The maximum atomic E-state index is 12.8. The van der Waals surface area contributed by atoms with Gasteiger partial charge < -0.3 is 20.2 Å². The quantitative estimate of drug-likeness (QED) is 0.101. The van der Waals surface area contributed by atoms with Crippen LogP contribution in [0.4, 0.5) is 0 Å². The van der Waals surface area contributed by atoms with E-state index in [-0.39, 0.29) is 23.0 Å². The third-order valence-corrected chi connectivity index (χ3v) is 7.19. The van der Waals surface area contributed by atoms with E-state index >= 15 is 0 Å². The Hall–Kier alpha value is -6.32. The lowest BCUT2D eigenvalue weighted by atomic mass is 9.84. The summed E-state index contributed by atoms with van der Waals surface area (Å²) in [5, 5.41) is 44.3. The molecular weight excluding hydrogens is 528 g/mol. The van der Waals surface area contributed by atoms with E-state index in [4.69, 9.17) is 0 Å². The smallest absolute Gasteiger partial charge is 0.271 e. The molecule has 202 valence electrons. The Morgan fingerprint density at radius 3 is 1.98 bits per heavy atom. The van der Waals surface area contributed by atoms with Crippen LogP contribution in [0.2, 0.25) is 0 Å². The molecule has 0 saturated heterocycles. The minimum atomic E-state index is -0.453. The lowest BCUT2D eigenvalue weighted by Gasteiger charge is -2.18. The van der Waals surface area contributed by atoms with E-state index in [9.17, 15) is 25.5 Å². The molecule has 2 heterocycles. The Morgan fingerprint density at radius 1 is 0.810 bits per heavy atom. The van der Waals surface area contributed by atoms with Crippen LogP contribution < -0.4 is 5.43 Å². The third-order valence-electron chi connectivity index (χ3n) is 7.19. The highest BCUT2D eigenvalue weighted by atomic mass is 16.3. The lowest BCUT2D eigenvalue weighted by molar-refractivity contribution is 0.0955. The predicted molar refractivity (Wildman–Crippen MR) is 158 cm³/mol. The number of phenolic OH excluding ortho intramolecular Hbond substituents is 2. The van der Waals surface area contributed by atoms with Crippen molar-refractivity contribution in [3.8, 4) is 23.6 Å². The summed E-state index contributed by atoms with van der Waals surface area (Å²) in [6, 6.07) is 26.5. The molecule has 6 rings (SSSR count). The molecule has 42 heavy (non-hydrogen) atoms. The van der Waals surface area contributed by atoms with Crippen molar-refractivity contribution < 1.29 is 15.0 Å². The second kappa shape index (κ2) is 10.7. The van der Waals surface area contributed by atoms with E-state index < -0.39 is 5.91 Å². The summed E-state index contributed by atoms with van der Waals surface area (Å²) in [6.45, 7) is 0. The van der Waals surface area contributed by atoms with Gasteiger partial charge in [0.1, 0.15) is 11.5 Å². The van der Waals surface area contributed by atoms with Crippen molar-refractivity contribution in [1.29, 1.82) is 10.5 Å². The first-order chi connectivity index (χ1) is 20.4. The molecule has 0 unspecified atom stereocenters. The fraction of sp³-hybridized carbons (Fsp3) is 0.0303. The van der Waals surface area contributed by atoms with Gasteiger partial charge in [-0.15, -0.1) is 0 Å². The zero-order valence-electron chi connectivity index (χ0n) is 22.0. The van der Waals surface area contributed by atoms with Crippen molar-refractivity contribution in [2.24, 2.45) is 5.10 Å². The van der Waals surface area contributed by atoms with Crippen molar-refractivity contribution >= 4 is 33.9 Å². The summed E-state index contributed by atoms with van der Waals surface area (Å²) in [5.41, 5.74) is 8.70. The highest BCUT2D eigenvalue weighted by Gasteiger charge is 2.24. The largest absolute Gasteiger partial charge is 0.508 e. The number of nitrogens with zero attached hydrogens (tertiary/aromatic N) is 3. The van der Waals surface area contributed by atoms with Crippen LogP contribution in [0.25, 0.3) is 21.8 Å². The van der Waals surface area contributed by atoms with Crippen LogP contribution in [-0.2, 0) is 0 Å². The maximum absolute atomic E-state index is 12.8. The summed E-state index contributed by atoms with van der Waals surface area (Å²) in [5.74, 6) is -0.867. The first-order valence-corrected chi connectivity index (χ1v) is 12.9. The first kappa shape index (κ1) is 25.9. The van der Waals surface area contributed by atoms with Gasteiger partial charge in [0.25, 0.3) is 5.91 Å². The van der Waals surface area contributed by atoms with Crippen molar-refractivity contribution in [2.75, 3.05) is 0 Å². The zero-order valence-corrected chi connectivity index (χ0v) is 22.0. The number of carbonyl (C=O) groups excluding carboxylic acids is 1. The van der Waals surface area contributed by atoms with Gasteiger partial charge in [0.05, 0.1) is 29.5 Å². The average Bonchev–Trinajstić information content (AvgIpc) is 3.63. The number of aromatic amines is 2. The number of aromatic hydroxyl groups is 2. The van der Waals surface area contributed by atoms with Gasteiger partial charge in [-0.2, -0.15) is 15.6 Å². The molecule has 1 amide bonds. The van der Waals surface area contributed by atoms with Crippen LogP contribution in [0, 0.1) is 22.7 Å². The number of hydrazone groups is 1. The number of hydrogen-bond acceptors (Lipinski definition) is 6. The van der Waals surface area contributed by atoms with Crippen molar-refractivity contribution in [2.45, 2.75) is 5.92 Å². The Morgan fingerprint density at radius 2 is 1.40 bits per heavy atom. The normalized spacial score (nSPS) is 11.2. The van der Waals surface area contributed by atoms with Crippen molar-refractivity contribution in [1.82, 2.24) is 15.4 Å². The Labute approximate surface area is 239 Å². The number of nitrogens with one attached hydrogen (secondary N) is 3. The molecule has 9 heteroatoms. The van der Waals surface area contributed by atoms with Gasteiger partial charge >= 0.3 is 0 Å². The number of benzene rings is 4. The third kappa shape index (κ3) is 4.79. The van der Waals surface area contributed by atoms with Gasteiger partial charge in [0.2, 0.25) is 0 Å². The van der Waals surface area contributed by atoms with E-state index in [2.05, 4.69) is 32.6 Å². The molecule has 6 aromatic rings. The number of aromatic nitrogens is 2. The lowest BCUT2D eigenvalue weighted by Crippen LogP contribution is -2.17. The molecule has 0 radical (unpaired) electrons. The summed E-state index contributed by atoms with van der Waals surface area (Å²) in [7, 11) is 0. The Kier molecular flexibility index (Phi) is 6.60. The van der Waals surface area contributed by atoms with Crippen molar-refractivity contribution in [3.63, 3.8) is 0 Å². The van der Waals surface area contributed by atoms with E-state index in [1.54, 1.807) is 24.3 Å². The van der Waals surface area contributed by atoms with Crippen LogP contribution in [0.5, 0.6) is 11.5 Å². The topological polar surface area (TPSA) is 161 Å². The van der Waals surface area contributed by atoms with E-state index in [0.717, 1.165) is 38.5 Å². The van der Waals surface area contributed by atoms with Gasteiger partial charge in [0.15, 0.2) is 0 Å². The molecule has 4 aromatic carbocycles. The van der Waals surface area contributed by atoms with Gasteiger partial charge in [-0.05, 0) is 83.4 Å². The molecule has 0 aliphatic carbocycles. The van der Waals surface area contributed by atoms with Crippen LogP contribution in [0.1, 0.15) is 49.7 Å². The standard InChI is InChI=1S/C33H22N6O3/c34-14-19-1-8-29-25(11-19)27(17-36-29)32(28-18-37-30-9-2-20(15-35)12-26(28)30)21-3-5-22(6-4-21)33(42)39-38-16-23-13-24(40)7-10-31(23)41/h1-13,16-18,32,36-37,40-41H,(H,39,42)/b38-16+. The summed E-state index contributed by atoms with van der Waals surface area (Å²) in [6.07, 6.45) is 5.10. The molecule has 0 fully saturated rings. The fourth-order valence-corrected chi connectivity index (χ4v) is 5.13. The van der Waals surface area contributed by atoms with E-state index in [1.807, 2.05) is 48.8 Å². The monoisotopic (exact) mass is 550 g/mol. The van der Waals surface area contributed by atoms with E-state index in [0.29, 0.717) is 16.7 Å². The molecule has 2 aromatic heterocycles. The Balaban J connectivity index is 1.38. The second-order valence-corrected chi connectivity index (χ2v) is 9.73. The molecule has 0 saturated carbocycles. The van der Waals surface area contributed by atoms with Crippen LogP contribution in [0.15, 0.2) is 96.4 Å². The number of phenols is 2. The van der Waals surface area contributed by atoms with Gasteiger partial charge in [-0.1, -0.05) is 12.1 Å². The number of fused-ring (bicyclic) bond motifs is 2. The maximum Gasteiger partial charge on any atom is 0.271 e. The summed E-state index contributed by atoms with van der Waals surface area (Å²) >= 11 is 0. The highest BCUT2D eigenvalue weighted by molar-refractivity contribution is 5.95. The molecule has 0 spiro atoms. The number of rotatable bonds is 6. The van der Waals surface area contributed by atoms with Crippen LogP contribution in [0.3, 0.4) is 0 Å². The van der Waals surface area contributed by atoms with Crippen LogP contribution >= 0.6 is 0 Å². The minimum absolute atomic E-state index is 0.0381. The second-order valence-electron chi connectivity index (χ2n) is 9.73. The summed E-state index contributed by atoms with van der Waals surface area (Å²) in [4.78, 5) is 19.4. The van der Waals surface area contributed by atoms with Crippen molar-refractivity contribution in [3.05, 3.63) is 130 Å². The number of amides is 1. The first-order valence-electron chi connectivity index (χ1n) is 12.9. The Bertz CT molecular complexity index is 2000. The predicted octanol–water partition coefficient (Wildman–Crippen LogP) is 5.75. The molecule has 0 aliphatic heterocycles. The summed E-state index contributed by atoms with van der Waals surface area (Å²) < 4.78 is 0. The zero-order chi connectivity index (χ0) is 29.2. The number of carbonyl (C=O) groups is 1. The van der Waals surface area contributed by atoms with Gasteiger partial charge in [0, 0.05) is 51.2 Å². The SMILES string of the molecule is N#Cc1ccc2[nH]cc(C(c3ccc(C(=O)N/N=C/c4cc(O)ccc4O)cc3)c3c[nH]c4ccc(C#N)cc34)c2c1. The molecule has 5 N–H and O–H groups in total. The fourth-order valence-electron chi connectivity index (χ4n) is 5.13. The number of H-pyrrole nitrogens is 2. The molecule has 0 aliphatic rings. The number of hydrogen-bond donors (Lipinski definition) is 5. The van der Waals surface area contributed by atoms with Crippen LogP contribution in [-0.4, -0.2) is 32.3 Å². The minimum Gasteiger partial charge on any atom is -0.508 e. The van der Waals surface area contributed by atoms with Gasteiger partial charge in [-0.25, -0.2) is 5.43 Å². The molecule has 0 bridgehead atoms. The number of nitriles is 2. The molecule has 0 atom stereocenters.